The molecule has 4 N–H and O–H groups in total. The van der Waals surface area contributed by atoms with Gasteiger partial charge in [-0.05, 0) is 31.0 Å². The van der Waals surface area contributed by atoms with Gasteiger partial charge >= 0.3 is 0 Å². The molecule has 23 heavy (non-hydrogen) atoms. The zero-order valence-corrected chi connectivity index (χ0v) is 13.2. The Bertz CT molecular complexity index is 514. The minimum absolute atomic E-state index is 0.0662. The van der Waals surface area contributed by atoms with Crippen LogP contribution in [0.4, 0.5) is 0 Å². The van der Waals surface area contributed by atoms with E-state index in [2.05, 4.69) is 0 Å². The van der Waals surface area contributed by atoms with Gasteiger partial charge in [-0.15, -0.1) is 0 Å². The normalized spacial score (nSPS) is 14.2. The molecule has 0 aliphatic rings. The van der Waals surface area contributed by atoms with Gasteiger partial charge in [-0.2, -0.15) is 0 Å². The van der Waals surface area contributed by atoms with Gasteiger partial charge in [0.1, 0.15) is 18.5 Å². The average Bonchev–Trinajstić information content (AvgIpc) is 2.59. The Kier molecular flexibility index (Phi) is 8.28. The van der Waals surface area contributed by atoms with Gasteiger partial charge in [-0.3, -0.25) is 10.0 Å². The summed E-state index contributed by atoms with van der Waals surface area (Å²) >= 11 is 0. The molecule has 0 aliphatic carbocycles. The van der Waals surface area contributed by atoms with E-state index in [1.165, 1.54) is 7.11 Å². The van der Waals surface area contributed by atoms with Crippen LogP contribution in [0.3, 0.4) is 0 Å². The number of hydroxylamine groups is 1. The third-order valence-corrected chi connectivity index (χ3v) is 3.35. The Labute approximate surface area is 135 Å². The number of carbonyl (C=O) groups is 1. The predicted molar refractivity (Wildman–Crippen MR) is 83.1 cm³/mol. The summed E-state index contributed by atoms with van der Waals surface area (Å²) < 4.78 is 10.5. The van der Waals surface area contributed by atoms with E-state index in [1.54, 1.807) is 42.7 Å². The Hall–Kier alpha value is -1.93. The molecule has 7 heteroatoms. The van der Waals surface area contributed by atoms with Crippen LogP contribution in [0.25, 0.3) is 0 Å². The highest BCUT2D eigenvalue weighted by Gasteiger charge is 2.20. The maximum absolute atomic E-state index is 11.2. The smallest absolute Gasteiger partial charge is 0.269 e. The molecule has 7 nitrogen and oxygen atoms in total. The summed E-state index contributed by atoms with van der Waals surface area (Å²) in [6.07, 6.45) is 0.468. The van der Waals surface area contributed by atoms with E-state index in [0.717, 1.165) is 0 Å². The van der Waals surface area contributed by atoms with Crippen molar-refractivity contribution in [3.8, 4) is 5.75 Å². The van der Waals surface area contributed by atoms with Crippen LogP contribution in [-0.2, 0) is 9.53 Å². The summed E-state index contributed by atoms with van der Waals surface area (Å²) in [5.41, 5.74) is 2.52. The van der Waals surface area contributed by atoms with E-state index in [4.69, 9.17) is 19.8 Å². The molecule has 2 atom stereocenters. The number of hydrogen-bond acceptors (Lipinski definition) is 6. The number of hydrogen-bond donors (Lipinski definition) is 4. The summed E-state index contributed by atoms with van der Waals surface area (Å²) in [5.74, 6) is -0.000878. The van der Waals surface area contributed by atoms with Gasteiger partial charge in [0.05, 0.1) is 12.7 Å². The second-order valence-electron chi connectivity index (χ2n) is 4.92. The molecule has 0 spiro atoms. The van der Waals surface area contributed by atoms with Gasteiger partial charge in [-0.1, -0.05) is 18.2 Å². The molecule has 1 amide bonds. The number of carbonyl (C=O) groups excluding carboxylic acids is 1. The number of amides is 1. The van der Waals surface area contributed by atoms with Gasteiger partial charge < -0.3 is 19.7 Å². The van der Waals surface area contributed by atoms with Crippen molar-refractivity contribution < 1.29 is 29.7 Å². The molecular formula is C16H23NO6. The second kappa shape index (κ2) is 9.96. The van der Waals surface area contributed by atoms with Crippen molar-refractivity contribution in [2.75, 3.05) is 20.3 Å². The highest BCUT2D eigenvalue weighted by Crippen LogP contribution is 2.24. The molecule has 0 aromatic heterocycles. The maximum Gasteiger partial charge on any atom is 0.269 e. The van der Waals surface area contributed by atoms with Crippen LogP contribution >= 0.6 is 0 Å². The molecule has 1 rings (SSSR count). The fraction of sp³-hybridized carbons (Fsp3) is 0.438. The maximum atomic E-state index is 11.2. The Morgan fingerprint density at radius 3 is 2.52 bits per heavy atom. The monoisotopic (exact) mass is 325 g/mol. The van der Waals surface area contributed by atoms with Crippen LogP contribution in [-0.4, -0.2) is 47.8 Å². The van der Waals surface area contributed by atoms with Crippen molar-refractivity contribution in [3.63, 3.8) is 0 Å². The van der Waals surface area contributed by atoms with Crippen molar-refractivity contribution in [3.05, 3.63) is 41.5 Å². The van der Waals surface area contributed by atoms with Gasteiger partial charge in [0, 0.05) is 12.7 Å². The van der Waals surface area contributed by atoms with E-state index < -0.39 is 18.1 Å². The van der Waals surface area contributed by atoms with Crippen LogP contribution < -0.4 is 10.2 Å². The summed E-state index contributed by atoms with van der Waals surface area (Å²) in [7, 11) is 1.47. The van der Waals surface area contributed by atoms with Gasteiger partial charge in [0.15, 0.2) is 0 Å². The standard InChI is InChI=1S/C16H23NO6/c1-11(16(20)17-21)3-8-14(22-2)15(19)12-4-6-13(7-5-12)23-10-9-18/h3-7,14-15,18-19,21H,8-10H2,1-2H3,(H,17,20)/b11-3+/t14-,15-/m0/s1. The number of aliphatic hydroxyl groups excluding tert-OH is 2. The number of methoxy groups -OCH3 is 1. The zero-order chi connectivity index (χ0) is 17.2. The number of aliphatic hydroxyl groups is 2. The highest BCUT2D eigenvalue weighted by atomic mass is 16.5. The Balaban J connectivity index is 2.72. The number of nitrogens with one attached hydrogen (secondary N) is 1. The van der Waals surface area contributed by atoms with Crippen molar-refractivity contribution >= 4 is 5.91 Å². The first-order chi connectivity index (χ1) is 11.0. The number of ether oxygens (including phenoxy) is 2. The van der Waals surface area contributed by atoms with Gasteiger partial charge in [0.2, 0.25) is 0 Å². The minimum atomic E-state index is -0.881. The molecule has 0 bridgehead atoms. The third-order valence-electron chi connectivity index (χ3n) is 3.35. The van der Waals surface area contributed by atoms with Gasteiger partial charge in [-0.25, -0.2) is 5.48 Å². The van der Waals surface area contributed by atoms with Crippen molar-refractivity contribution in [2.45, 2.75) is 25.6 Å². The van der Waals surface area contributed by atoms with E-state index in [-0.39, 0.29) is 13.2 Å². The molecule has 1 aromatic rings. The minimum Gasteiger partial charge on any atom is -0.491 e. The van der Waals surface area contributed by atoms with E-state index in [9.17, 15) is 9.90 Å². The van der Waals surface area contributed by atoms with Crippen molar-refractivity contribution in [1.29, 1.82) is 0 Å². The van der Waals surface area contributed by atoms with E-state index in [0.29, 0.717) is 23.3 Å². The molecule has 0 heterocycles. The quantitative estimate of drug-likeness (QED) is 0.306. The van der Waals surface area contributed by atoms with Crippen molar-refractivity contribution in [1.82, 2.24) is 5.48 Å². The van der Waals surface area contributed by atoms with E-state index >= 15 is 0 Å². The Morgan fingerprint density at radius 2 is 2.00 bits per heavy atom. The lowest BCUT2D eigenvalue weighted by atomic mass is 10.0. The highest BCUT2D eigenvalue weighted by molar-refractivity contribution is 5.91. The lowest BCUT2D eigenvalue weighted by Crippen LogP contribution is -2.22. The summed E-state index contributed by atoms with van der Waals surface area (Å²) in [4.78, 5) is 11.2. The molecular weight excluding hydrogens is 302 g/mol. The molecule has 0 saturated carbocycles. The SMILES string of the molecule is CO[C@@H](C/C=C(\C)C(=O)NO)[C@@H](O)c1ccc(OCCO)cc1. The first-order valence-electron chi connectivity index (χ1n) is 7.19. The van der Waals surface area contributed by atoms with Crippen molar-refractivity contribution in [2.24, 2.45) is 0 Å². The summed E-state index contributed by atoms with van der Waals surface area (Å²) in [6, 6.07) is 6.81. The Morgan fingerprint density at radius 1 is 1.35 bits per heavy atom. The predicted octanol–water partition coefficient (Wildman–Crippen LogP) is 0.948. The van der Waals surface area contributed by atoms with Crippen LogP contribution in [0.2, 0.25) is 0 Å². The third kappa shape index (κ3) is 5.99. The second-order valence-corrected chi connectivity index (χ2v) is 4.92. The molecule has 0 radical (unpaired) electrons. The van der Waals surface area contributed by atoms with E-state index in [1.807, 2.05) is 0 Å². The first-order valence-corrected chi connectivity index (χ1v) is 7.19. The molecule has 1 aromatic carbocycles. The van der Waals surface area contributed by atoms with Crippen LogP contribution in [0.15, 0.2) is 35.9 Å². The van der Waals surface area contributed by atoms with Crippen LogP contribution in [0.1, 0.15) is 25.0 Å². The number of benzene rings is 1. The largest absolute Gasteiger partial charge is 0.491 e. The molecule has 0 aliphatic heterocycles. The molecule has 128 valence electrons. The lowest BCUT2D eigenvalue weighted by Gasteiger charge is -2.21. The summed E-state index contributed by atoms with van der Waals surface area (Å²) in [6.45, 7) is 1.70. The van der Waals surface area contributed by atoms with Crippen LogP contribution in [0.5, 0.6) is 5.75 Å². The number of rotatable bonds is 9. The van der Waals surface area contributed by atoms with Gasteiger partial charge in [0.25, 0.3) is 5.91 Å². The first kappa shape index (κ1) is 19.1. The van der Waals surface area contributed by atoms with Crippen LogP contribution in [0, 0.1) is 0 Å². The molecule has 0 fully saturated rings. The fourth-order valence-corrected chi connectivity index (χ4v) is 1.97. The fourth-order valence-electron chi connectivity index (χ4n) is 1.97. The lowest BCUT2D eigenvalue weighted by molar-refractivity contribution is -0.125. The zero-order valence-electron chi connectivity index (χ0n) is 13.2. The topological polar surface area (TPSA) is 108 Å². The summed E-state index contributed by atoms with van der Waals surface area (Å²) in [5, 5.41) is 27.6. The average molecular weight is 325 g/mol. The molecule has 0 saturated heterocycles. The molecule has 0 unspecified atom stereocenters.